The average Bonchev–Trinajstić information content (AvgIpc) is 2.29. The van der Waals surface area contributed by atoms with Gasteiger partial charge in [-0.05, 0) is 25.9 Å². The summed E-state index contributed by atoms with van der Waals surface area (Å²) in [4.78, 5) is 22.9. The predicted molar refractivity (Wildman–Crippen MR) is 61.5 cm³/mol. The molecule has 6 heteroatoms. The van der Waals surface area contributed by atoms with E-state index in [2.05, 4.69) is 10.6 Å². The number of piperidine rings is 1. The van der Waals surface area contributed by atoms with E-state index in [1.54, 1.807) is 0 Å². The molecule has 0 bridgehead atoms. The number of hydrogen-bond donors (Lipinski definition) is 4. The SMILES string of the molecule is CC1(C(=O)N[C@@H](CCO)C(=O)O)CCNCC1. The Balaban J connectivity index is 2.59. The van der Waals surface area contributed by atoms with Crippen molar-refractivity contribution >= 4 is 11.9 Å². The van der Waals surface area contributed by atoms with Crippen LogP contribution in [0.15, 0.2) is 0 Å². The largest absolute Gasteiger partial charge is 0.480 e. The first-order valence-electron chi connectivity index (χ1n) is 5.85. The fourth-order valence-electron chi connectivity index (χ4n) is 1.92. The maximum Gasteiger partial charge on any atom is 0.326 e. The minimum atomic E-state index is -1.11. The van der Waals surface area contributed by atoms with E-state index in [1.807, 2.05) is 6.92 Å². The van der Waals surface area contributed by atoms with E-state index in [0.29, 0.717) is 12.8 Å². The highest BCUT2D eigenvalue weighted by Gasteiger charge is 2.36. The zero-order chi connectivity index (χ0) is 12.9. The standard InChI is InChI=1S/C11H20N2O4/c1-11(3-5-12-6-4-11)10(17)13-8(2-7-14)9(15)16/h8,12,14H,2-7H2,1H3,(H,13,17)(H,15,16)/t8-/m0/s1. The number of carbonyl (C=O) groups excluding carboxylic acids is 1. The van der Waals surface area contributed by atoms with Crippen molar-refractivity contribution < 1.29 is 19.8 Å². The first-order chi connectivity index (χ1) is 7.99. The summed E-state index contributed by atoms with van der Waals surface area (Å²) < 4.78 is 0. The molecule has 4 N–H and O–H groups in total. The van der Waals surface area contributed by atoms with Crippen molar-refractivity contribution in [3.05, 3.63) is 0 Å². The smallest absolute Gasteiger partial charge is 0.326 e. The number of aliphatic hydroxyl groups excluding tert-OH is 1. The van der Waals surface area contributed by atoms with Crippen LogP contribution >= 0.6 is 0 Å². The van der Waals surface area contributed by atoms with Crippen LogP contribution in [-0.2, 0) is 9.59 Å². The normalized spacial score (nSPS) is 20.6. The highest BCUT2D eigenvalue weighted by atomic mass is 16.4. The Labute approximate surface area is 100 Å². The van der Waals surface area contributed by atoms with Crippen molar-refractivity contribution in [3.63, 3.8) is 0 Å². The Morgan fingerprint density at radius 1 is 1.41 bits per heavy atom. The lowest BCUT2D eigenvalue weighted by Crippen LogP contribution is -2.51. The van der Waals surface area contributed by atoms with E-state index in [1.165, 1.54) is 0 Å². The fraction of sp³-hybridized carbons (Fsp3) is 0.818. The van der Waals surface area contributed by atoms with Gasteiger partial charge in [-0.3, -0.25) is 4.79 Å². The molecule has 1 amide bonds. The highest BCUT2D eigenvalue weighted by molar-refractivity contribution is 5.87. The van der Waals surface area contributed by atoms with Crippen LogP contribution in [0.2, 0.25) is 0 Å². The molecule has 1 aliphatic rings. The molecular weight excluding hydrogens is 224 g/mol. The molecule has 0 radical (unpaired) electrons. The number of rotatable bonds is 5. The van der Waals surface area contributed by atoms with Crippen LogP contribution < -0.4 is 10.6 Å². The van der Waals surface area contributed by atoms with Crippen LogP contribution in [0.5, 0.6) is 0 Å². The summed E-state index contributed by atoms with van der Waals surface area (Å²) in [5.74, 6) is -1.34. The number of carbonyl (C=O) groups is 2. The summed E-state index contributed by atoms with van der Waals surface area (Å²) in [6.45, 7) is 3.12. The molecular formula is C11H20N2O4. The van der Waals surface area contributed by atoms with E-state index in [0.717, 1.165) is 13.1 Å². The van der Waals surface area contributed by atoms with Gasteiger partial charge in [0.15, 0.2) is 0 Å². The van der Waals surface area contributed by atoms with Crippen LogP contribution in [0.25, 0.3) is 0 Å². The van der Waals surface area contributed by atoms with Crippen molar-refractivity contribution in [2.24, 2.45) is 5.41 Å². The molecule has 17 heavy (non-hydrogen) atoms. The van der Waals surface area contributed by atoms with Gasteiger partial charge >= 0.3 is 5.97 Å². The summed E-state index contributed by atoms with van der Waals surface area (Å²) in [5.41, 5.74) is -0.506. The molecule has 1 saturated heterocycles. The first-order valence-corrected chi connectivity index (χ1v) is 5.85. The van der Waals surface area contributed by atoms with Crippen molar-refractivity contribution in [1.29, 1.82) is 0 Å². The van der Waals surface area contributed by atoms with Crippen LogP contribution in [0.1, 0.15) is 26.2 Å². The van der Waals surface area contributed by atoms with Gasteiger partial charge in [0, 0.05) is 18.4 Å². The van der Waals surface area contributed by atoms with Gasteiger partial charge < -0.3 is 20.8 Å². The summed E-state index contributed by atoms with van der Waals surface area (Å²) in [6, 6.07) is -1.00. The number of hydrogen-bond acceptors (Lipinski definition) is 4. The van der Waals surface area contributed by atoms with E-state index >= 15 is 0 Å². The second kappa shape index (κ2) is 5.97. The molecule has 0 spiro atoms. The van der Waals surface area contributed by atoms with Crippen LogP contribution in [0.4, 0.5) is 0 Å². The molecule has 0 aromatic rings. The minimum Gasteiger partial charge on any atom is -0.480 e. The molecule has 0 saturated carbocycles. The Kier molecular flexibility index (Phi) is 4.89. The molecule has 98 valence electrons. The van der Waals surface area contributed by atoms with Crippen molar-refractivity contribution in [1.82, 2.24) is 10.6 Å². The Hall–Kier alpha value is -1.14. The molecule has 0 aromatic carbocycles. The summed E-state index contributed by atoms with van der Waals surface area (Å²) >= 11 is 0. The fourth-order valence-corrected chi connectivity index (χ4v) is 1.92. The molecule has 0 aromatic heterocycles. The van der Waals surface area contributed by atoms with Crippen LogP contribution in [0.3, 0.4) is 0 Å². The minimum absolute atomic E-state index is 0.0371. The molecule has 1 rings (SSSR count). The number of aliphatic hydroxyl groups is 1. The van der Waals surface area contributed by atoms with E-state index < -0.39 is 17.4 Å². The number of amides is 1. The van der Waals surface area contributed by atoms with Crippen LogP contribution in [-0.4, -0.2) is 47.8 Å². The molecule has 0 unspecified atom stereocenters. The van der Waals surface area contributed by atoms with Gasteiger partial charge in [-0.2, -0.15) is 0 Å². The highest BCUT2D eigenvalue weighted by Crippen LogP contribution is 2.28. The maximum absolute atomic E-state index is 12.0. The number of aliphatic carboxylic acids is 1. The van der Waals surface area contributed by atoms with E-state index in [9.17, 15) is 9.59 Å². The number of carboxylic acids is 1. The lowest BCUT2D eigenvalue weighted by atomic mass is 9.80. The molecule has 1 atom stereocenters. The third-order valence-electron chi connectivity index (χ3n) is 3.28. The Morgan fingerprint density at radius 3 is 2.47 bits per heavy atom. The third-order valence-corrected chi connectivity index (χ3v) is 3.28. The molecule has 1 heterocycles. The molecule has 0 aliphatic carbocycles. The van der Waals surface area contributed by atoms with E-state index in [-0.39, 0.29) is 18.9 Å². The zero-order valence-corrected chi connectivity index (χ0v) is 10.0. The first kappa shape index (κ1) is 13.9. The second-order valence-electron chi connectivity index (χ2n) is 4.69. The van der Waals surface area contributed by atoms with Gasteiger partial charge in [0.05, 0.1) is 0 Å². The lowest BCUT2D eigenvalue weighted by molar-refractivity contribution is -0.144. The average molecular weight is 244 g/mol. The van der Waals surface area contributed by atoms with Gasteiger partial charge in [-0.1, -0.05) is 6.92 Å². The van der Waals surface area contributed by atoms with Gasteiger partial charge in [0.25, 0.3) is 0 Å². The predicted octanol–water partition coefficient (Wildman–Crippen LogP) is -0.672. The van der Waals surface area contributed by atoms with Gasteiger partial charge in [-0.25, -0.2) is 4.79 Å². The quantitative estimate of drug-likeness (QED) is 0.514. The van der Waals surface area contributed by atoms with Crippen molar-refractivity contribution in [3.8, 4) is 0 Å². The van der Waals surface area contributed by atoms with Gasteiger partial charge in [0.2, 0.25) is 5.91 Å². The third kappa shape index (κ3) is 3.67. The topological polar surface area (TPSA) is 98.7 Å². The summed E-state index contributed by atoms with van der Waals surface area (Å²) in [7, 11) is 0. The Morgan fingerprint density at radius 2 is 2.00 bits per heavy atom. The van der Waals surface area contributed by atoms with E-state index in [4.69, 9.17) is 10.2 Å². The zero-order valence-electron chi connectivity index (χ0n) is 10.0. The van der Waals surface area contributed by atoms with Crippen molar-refractivity contribution in [2.75, 3.05) is 19.7 Å². The van der Waals surface area contributed by atoms with Gasteiger partial charge in [-0.15, -0.1) is 0 Å². The summed E-state index contributed by atoms with van der Waals surface area (Å²) in [5, 5.41) is 23.3. The second-order valence-corrected chi connectivity index (χ2v) is 4.69. The number of carboxylic acid groups (broad SMARTS) is 1. The number of nitrogens with one attached hydrogen (secondary N) is 2. The maximum atomic E-state index is 12.0. The monoisotopic (exact) mass is 244 g/mol. The molecule has 1 aliphatic heterocycles. The lowest BCUT2D eigenvalue weighted by Gasteiger charge is -2.33. The molecule has 1 fully saturated rings. The Bertz CT molecular complexity index is 287. The van der Waals surface area contributed by atoms with Gasteiger partial charge in [0.1, 0.15) is 6.04 Å². The summed E-state index contributed by atoms with van der Waals surface area (Å²) in [6.07, 6.45) is 1.43. The van der Waals surface area contributed by atoms with Crippen LogP contribution in [0, 0.1) is 5.41 Å². The molecule has 6 nitrogen and oxygen atoms in total. The van der Waals surface area contributed by atoms with Crippen molar-refractivity contribution in [2.45, 2.75) is 32.2 Å².